The first-order valence-electron chi connectivity index (χ1n) is 5.83. The number of amides is 1. The van der Waals surface area contributed by atoms with Gasteiger partial charge in [-0.3, -0.25) is 4.79 Å². The number of nitrogens with two attached hydrogens (primary N) is 2. The van der Waals surface area contributed by atoms with Crippen LogP contribution in [0.1, 0.15) is 36.4 Å². The van der Waals surface area contributed by atoms with Crippen molar-refractivity contribution >= 4 is 27.9 Å². The first-order chi connectivity index (χ1) is 7.89. The quantitative estimate of drug-likeness (QED) is 0.847. The van der Waals surface area contributed by atoms with Crippen molar-refractivity contribution in [2.75, 3.05) is 23.7 Å². The largest absolute Gasteiger partial charge is 0.397 e. The Labute approximate surface area is 106 Å². The minimum Gasteiger partial charge on any atom is -0.397 e. The second-order valence-electron chi connectivity index (χ2n) is 5.38. The predicted octanol–water partition coefficient (Wildman–Crippen LogP) is 2.06. The van der Waals surface area contributed by atoms with Crippen LogP contribution in [0.25, 0.3) is 0 Å². The highest BCUT2D eigenvalue weighted by atomic mass is 32.1. The van der Waals surface area contributed by atoms with Crippen molar-refractivity contribution in [1.29, 1.82) is 0 Å². The highest BCUT2D eigenvalue weighted by Gasteiger charge is 2.26. The fourth-order valence-corrected chi connectivity index (χ4v) is 3.06. The number of carbonyl (C=O) groups is 1. The second kappa shape index (κ2) is 4.22. The summed E-state index contributed by atoms with van der Waals surface area (Å²) in [5.74, 6) is -0.434. The van der Waals surface area contributed by atoms with E-state index in [9.17, 15) is 4.79 Å². The van der Waals surface area contributed by atoms with E-state index in [0.29, 0.717) is 16.0 Å². The third kappa shape index (κ3) is 2.54. The van der Waals surface area contributed by atoms with E-state index in [4.69, 9.17) is 11.5 Å². The van der Waals surface area contributed by atoms with Crippen molar-refractivity contribution in [3.05, 3.63) is 10.9 Å². The van der Waals surface area contributed by atoms with Gasteiger partial charge < -0.3 is 16.4 Å². The first-order valence-corrected chi connectivity index (χ1v) is 6.65. The van der Waals surface area contributed by atoms with Gasteiger partial charge in [0.05, 0.1) is 10.7 Å². The number of rotatable bonds is 2. The summed E-state index contributed by atoms with van der Waals surface area (Å²) < 4.78 is 0. The lowest BCUT2D eigenvalue weighted by atomic mass is 9.83. The highest BCUT2D eigenvalue weighted by molar-refractivity contribution is 7.18. The first kappa shape index (κ1) is 12.2. The molecule has 0 aliphatic carbocycles. The van der Waals surface area contributed by atoms with Crippen LogP contribution in [-0.2, 0) is 0 Å². The van der Waals surface area contributed by atoms with Gasteiger partial charge in [-0.1, -0.05) is 13.8 Å². The number of hydrogen-bond acceptors (Lipinski definition) is 4. The normalized spacial score (nSPS) is 19.3. The fourth-order valence-electron chi connectivity index (χ4n) is 2.07. The van der Waals surface area contributed by atoms with E-state index in [1.807, 2.05) is 6.07 Å². The van der Waals surface area contributed by atoms with Gasteiger partial charge in [-0.2, -0.15) is 0 Å². The average Bonchev–Trinajstić information content (AvgIpc) is 2.60. The van der Waals surface area contributed by atoms with Crippen LogP contribution in [0, 0.1) is 5.41 Å². The Hall–Kier alpha value is -1.23. The molecule has 2 rings (SSSR count). The standard InChI is InChI=1S/C12H19N3OS/c1-12(2)3-5-15(6-4-12)9-7-8(13)10(17-9)11(14)16/h7H,3-6,13H2,1-2H3,(H2,14,16). The molecule has 1 aliphatic rings. The summed E-state index contributed by atoms with van der Waals surface area (Å²) in [5.41, 5.74) is 12.0. The molecule has 1 aromatic rings. The Morgan fingerprint density at radius 1 is 1.41 bits per heavy atom. The van der Waals surface area contributed by atoms with Crippen molar-refractivity contribution in [1.82, 2.24) is 0 Å². The van der Waals surface area contributed by atoms with E-state index in [1.54, 1.807) is 0 Å². The second-order valence-corrected chi connectivity index (χ2v) is 6.42. The molecule has 0 bridgehead atoms. The van der Waals surface area contributed by atoms with Gasteiger partial charge in [0.1, 0.15) is 4.88 Å². The molecule has 0 atom stereocenters. The summed E-state index contributed by atoms with van der Waals surface area (Å²) >= 11 is 1.40. The molecule has 0 spiro atoms. The summed E-state index contributed by atoms with van der Waals surface area (Å²) in [6, 6.07) is 1.86. The molecule has 0 radical (unpaired) electrons. The Morgan fingerprint density at radius 2 is 2.00 bits per heavy atom. The van der Waals surface area contributed by atoms with Gasteiger partial charge >= 0.3 is 0 Å². The highest BCUT2D eigenvalue weighted by Crippen LogP contribution is 2.37. The molecular weight excluding hydrogens is 234 g/mol. The summed E-state index contributed by atoms with van der Waals surface area (Å²) in [5, 5.41) is 1.06. The number of nitrogens with zero attached hydrogens (tertiary/aromatic N) is 1. The minimum atomic E-state index is -0.434. The van der Waals surface area contributed by atoms with Gasteiger partial charge in [0, 0.05) is 13.1 Å². The Morgan fingerprint density at radius 3 is 2.47 bits per heavy atom. The third-order valence-electron chi connectivity index (χ3n) is 3.40. The Balaban J connectivity index is 2.14. The number of hydrogen-bond donors (Lipinski definition) is 2. The maximum Gasteiger partial charge on any atom is 0.260 e. The Kier molecular flexibility index (Phi) is 3.03. The lowest BCUT2D eigenvalue weighted by Crippen LogP contribution is -2.36. The molecule has 0 unspecified atom stereocenters. The van der Waals surface area contributed by atoms with Gasteiger partial charge in [-0.15, -0.1) is 11.3 Å². The van der Waals surface area contributed by atoms with Crippen LogP contribution in [0.15, 0.2) is 6.07 Å². The van der Waals surface area contributed by atoms with Gasteiger partial charge in [-0.25, -0.2) is 0 Å². The number of anilines is 2. The van der Waals surface area contributed by atoms with Gasteiger partial charge in [0.15, 0.2) is 0 Å². The number of primary amides is 1. The van der Waals surface area contributed by atoms with E-state index in [1.165, 1.54) is 11.3 Å². The van der Waals surface area contributed by atoms with E-state index >= 15 is 0 Å². The molecule has 1 saturated heterocycles. The van der Waals surface area contributed by atoms with E-state index in [2.05, 4.69) is 18.7 Å². The van der Waals surface area contributed by atoms with Crippen LogP contribution >= 0.6 is 11.3 Å². The van der Waals surface area contributed by atoms with Gasteiger partial charge in [0.2, 0.25) is 0 Å². The van der Waals surface area contributed by atoms with Gasteiger partial charge in [-0.05, 0) is 24.3 Å². The van der Waals surface area contributed by atoms with Crippen molar-refractivity contribution in [2.24, 2.45) is 11.1 Å². The third-order valence-corrected chi connectivity index (χ3v) is 4.63. The van der Waals surface area contributed by atoms with Crippen molar-refractivity contribution in [2.45, 2.75) is 26.7 Å². The zero-order valence-electron chi connectivity index (χ0n) is 10.3. The summed E-state index contributed by atoms with van der Waals surface area (Å²) in [6.07, 6.45) is 2.33. The predicted molar refractivity (Wildman–Crippen MR) is 72.5 cm³/mol. The van der Waals surface area contributed by atoms with Crippen molar-refractivity contribution in [3.8, 4) is 0 Å². The lowest BCUT2D eigenvalue weighted by Gasteiger charge is -2.37. The summed E-state index contributed by atoms with van der Waals surface area (Å²) in [4.78, 5) is 13.9. The van der Waals surface area contributed by atoms with Crippen LogP contribution in [0.3, 0.4) is 0 Å². The molecule has 1 aromatic heterocycles. The number of thiophene rings is 1. The molecule has 1 aliphatic heterocycles. The number of carbonyl (C=O) groups excluding carboxylic acids is 1. The monoisotopic (exact) mass is 253 g/mol. The van der Waals surface area contributed by atoms with Crippen LogP contribution in [0.4, 0.5) is 10.7 Å². The van der Waals surface area contributed by atoms with Gasteiger partial charge in [0.25, 0.3) is 5.91 Å². The molecule has 1 amide bonds. The SMILES string of the molecule is CC1(C)CCN(c2cc(N)c(C(N)=O)s2)CC1. The smallest absolute Gasteiger partial charge is 0.260 e. The van der Waals surface area contributed by atoms with Crippen molar-refractivity contribution in [3.63, 3.8) is 0 Å². The zero-order chi connectivity index (χ0) is 12.6. The van der Waals surface area contributed by atoms with Crippen LogP contribution in [0.5, 0.6) is 0 Å². The van der Waals surface area contributed by atoms with E-state index in [0.717, 1.165) is 30.9 Å². The van der Waals surface area contributed by atoms with Crippen LogP contribution in [-0.4, -0.2) is 19.0 Å². The molecule has 1 fully saturated rings. The molecule has 17 heavy (non-hydrogen) atoms. The zero-order valence-corrected chi connectivity index (χ0v) is 11.1. The Bertz CT molecular complexity index is 429. The topological polar surface area (TPSA) is 72.3 Å². The van der Waals surface area contributed by atoms with E-state index < -0.39 is 5.91 Å². The molecule has 4 N–H and O–H groups in total. The molecule has 5 heteroatoms. The van der Waals surface area contributed by atoms with E-state index in [-0.39, 0.29) is 0 Å². The number of nitrogen functional groups attached to an aromatic ring is 1. The summed E-state index contributed by atoms with van der Waals surface area (Å²) in [7, 11) is 0. The average molecular weight is 253 g/mol. The summed E-state index contributed by atoms with van der Waals surface area (Å²) in [6.45, 7) is 6.63. The number of piperidine rings is 1. The molecule has 0 saturated carbocycles. The molecule has 4 nitrogen and oxygen atoms in total. The van der Waals surface area contributed by atoms with Crippen molar-refractivity contribution < 1.29 is 4.79 Å². The fraction of sp³-hybridized carbons (Fsp3) is 0.583. The molecule has 0 aromatic carbocycles. The van der Waals surface area contributed by atoms with Crippen LogP contribution in [0.2, 0.25) is 0 Å². The molecular formula is C12H19N3OS. The maximum atomic E-state index is 11.2. The maximum absolute atomic E-state index is 11.2. The molecule has 2 heterocycles. The minimum absolute atomic E-state index is 0.422. The van der Waals surface area contributed by atoms with Crippen LogP contribution < -0.4 is 16.4 Å². The molecule has 94 valence electrons. The lowest BCUT2D eigenvalue weighted by molar-refractivity contribution is 0.100.